The number of ether oxygens (including phenoxy) is 1. The highest BCUT2D eigenvalue weighted by Crippen LogP contribution is 2.38. The number of hydrogen-bond donors (Lipinski definition) is 5. The van der Waals surface area contributed by atoms with Gasteiger partial charge in [-0.2, -0.15) is 4.98 Å². The van der Waals surface area contributed by atoms with Crippen molar-refractivity contribution in [2.75, 3.05) is 24.7 Å². The van der Waals surface area contributed by atoms with Gasteiger partial charge in [-0.05, 0) is 31.9 Å². The van der Waals surface area contributed by atoms with Gasteiger partial charge in [-0.1, -0.05) is 11.2 Å². The first kappa shape index (κ1) is 20.3. The first-order valence-corrected chi connectivity index (χ1v) is 10.7. The normalized spacial score (nSPS) is 16.3. The number of benzene rings is 1. The Hall–Kier alpha value is -4.10. The summed E-state index contributed by atoms with van der Waals surface area (Å²) in [4.78, 5) is 29.2. The molecular weight excluding hydrogens is 456 g/mol. The van der Waals surface area contributed by atoms with E-state index in [0.29, 0.717) is 11.3 Å². The van der Waals surface area contributed by atoms with Crippen LogP contribution in [0.3, 0.4) is 0 Å². The number of aliphatic hydroxyl groups excluding tert-OH is 1. The number of hydrogen-bond acceptors (Lipinski definition) is 11. The molecule has 35 heavy (non-hydrogen) atoms. The van der Waals surface area contributed by atoms with Gasteiger partial charge < -0.3 is 36.1 Å². The predicted molar refractivity (Wildman–Crippen MR) is 125 cm³/mol. The molecule has 1 fully saturated rings. The van der Waals surface area contributed by atoms with Crippen LogP contribution in [0.2, 0.25) is 0 Å². The molecule has 0 aliphatic heterocycles. The molecule has 2 heterocycles. The summed E-state index contributed by atoms with van der Waals surface area (Å²) in [5, 5.41) is 28.8. The smallest absolute Gasteiger partial charge is 0.273 e. The van der Waals surface area contributed by atoms with E-state index in [1.165, 1.54) is 20.1 Å². The maximum Gasteiger partial charge on any atom is 0.273 e. The molecule has 0 unspecified atom stereocenters. The van der Waals surface area contributed by atoms with E-state index in [9.17, 15) is 14.7 Å². The van der Waals surface area contributed by atoms with Gasteiger partial charge >= 0.3 is 0 Å². The molecule has 184 valence electrons. The summed E-state index contributed by atoms with van der Waals surface area (Å²) in [5.41, 5.74) is 6.29. The van der Waals surface area contributed by atoms with E-state index in [-0.39, 0.29) is 46.5 Å². The molecule has 2 amide bonds. The molecule has 3 aromatic rings. The zero-order valence-corrected chi connectivity index (χ0v) is 18.9. The van der Waals surface area contributed by atoms with E-state index in [2.05, 4.69) is 31.0 Å². The third-order valence-corrected chi connectivity index (χ3v) is 5.30. The largest absolute Gasteiger partial charge is 0.494 e. The van der Waals surface area contributed by atoms with E-state index < -0.39 is 25.0 Å². The maximum absolute atomic E-state index is 12.7. The Morgan fingerprint density at radius 3 is 2.80 bits per heavy atom. The summed E-state index contributed by atoms with van der Waals surface area (Å²) < 4.78 is 32.9. The summed E-state index contributed by atoms with van der Waals surface area (Å²) >= 11 is 0. The molecule has 1 aliphatic rings. The summed E-state index contributed by atoms with van der Waals surface area (Å²) in [7, 11) is 1.40. The minimum atomic E-state index is -2.77. The van der Waals surface area contributed by atoms with Gasteiger partial charge in [-0.15, -0.1) is 10.2 Å². The number of rotatable bonds is 9. The third kappa shape index (κ3) is 5.20. The monoisotopic (exact) mass is 485 g/mol. The lowest BCUT2D eigenvalue weighted by molar-refractivity contribution is -0.117. The van der Waals surface area contributed by atoms with Gasteiger partial charge in [0.05, 0.1) is 36.2 Å². The van der Waals surface area contributed by atoms with Crippen molar-refractivity contribution in [2.45, 2.75) is 31.9 Å². The lowest BCUT2D eigenvalue weighted by Gasteiger charge is -2.16. The van der Waals surface area contributed by atoms with Crippen LogP contribution in [-0.4, -0.2) is 57.4 Å². The minimum absolute atomic E-state index is 0.0469. The van der Waals surface area contributed by atoms with Gasteiger partial charge in [0, 0.05) is 23.1 Å². The van der Waals surface area contributed by atoms with Gasteiger partial charge in [-0.25, -0.2) is 0 Å². The summed E-state index contributed by atoms with van der Waals surface area (Å²) in [6, 6.07) is 5.40. The average Bonchev–Trinajstić information content (AvgIpc) is 3.59. The molecule has 1 aromatic carbocycles. The van der Waals surface area contributed by atoms with Crippen LogP contribution in [0.15, 0.2) is 28.8 Å². The number of carbonyl (C=O) groups is 2. The maximum atomic E-state index is 12.7. The first-order valence-electron chi connectivity index (χ1n) is 12.2. The quantitative estimate of drug-likeness (QED) is 0.294. The van der Waals surface area contributed by atoms with E-state index in [1.807, 2.05) is 5.32 Å². The number of aliphatic hydroxyl groups is 1. The highest BCUT2D eigenvalue weighted by atomic mass is 16.5. The molecular formula is C22H26N8O5. The van der Waals surface area contributed by atoms with E-state index in [4.69, 9.17) is 19.1 Å². The van der Waals surface area contributed by atoms with E-state index >= 15 is 0 Å². The Kier molecular flexibility index (Phi) is 5.81. The topological polar surface area (TPSA) is 190 Å². The zero-order valence-electron chi connectivity index (χ0n) is 21.9. The van der Waals surface area contributed by atoms with Crippen LogP contribution in [0.4, 0.5) is 17.2 Å². The number of aromatic nitrogens is 4. The SMILES string of the molecule is [2H]C([2H])([2H])NC(=O)c1nnc(NC(=O)C2CC2)cc1Nc1cccc(-c2nc([C@@H](N)[C@@H](C)O)no2)c1OC. The third-order valence-electron chi connectivity index (χ3n) is 5.30. The van der Waals surface area contributed by atoms with E-state index in [0.717, 1.165) is 12.8 Å². The Morgan fingerprint density at radius 2 is 2.11 bits per heavy atom. The summed E-state index contributed by atoms with van der Waals surface area (Å²) in [6.07, 6.45) is 0.628. The second-order valence-corrected chi connectivity index (χ2v) is 7.95. The second-order valence-electron chi connectivity index (χ2n) is 7.95. The number of nitrogens with one attached hydrogen (secondary N) is 3. The Morgan fingerprint density at radius 1 is 1.31 bits per heavy atom. The van der Waals surface area contributed by atoms with Gasteiger partial charge in [-0.3, -0.25) is 9.59 Å². The average molecular weight is 486 g/mol. The minimum Gasteiger partial charge on any atom is -0.494 e. The van der Waals surface area contributed by atoms with Crippen molar-refractivity contribution >= 4 is 29.0 Å². The van der Waals surface area contributed by atoms with Crippen LogP contribution in [0.25, 0.3) is 11.5 Å². The number of anilines is 3. The van der Waals surface area contributed by atoms with Crippen molar-refractivity contribution in [2.24, 2.45) is 11.7 Å². The lowest BCUT2D eigenvalue weighted by Crippen LogP contribution is -2.24. The molecule has 13 heteroatoms. The molecule has 1 aliphatic carbocycles. The molecule has 1 saturated carbocycles. The highest BCUT2D eigenvalue weighted by Gasteiger charge is 2.30. The predicted octanol–water partition coefficient (Wildman–Crippen LogP) is 1.37. The molecule has 2 aromatic heterocycles. The summed E-state index contributed by atoms with van der Waals surface area (Å²) in [6.45, 7) is -1.27. The van der Waals surface area contributed by atoms with Crippen molar-refractivity contribution < 1.29 is 28.1 Å². The number of methoxy groups -OCH3 is 1. The fraction of sp³-hybridized carbons (Fsp3) is 0.364. The van der Waals surface area contributed by atoms with Gasteiger partial charge in [0.2, 0.25) is 5.91 Å². The fourth-order valence-corrected chi connectivity index (χ4v) is 3.21. The van der Waals surface area contributed by atoms with Crippen LogP contribution in [0.1, 0.15) is 46.2 Å². The molecule has 4 rings (SSSR count). The van der Waals surface area contributed by atoms with Crippen molar-refractivity contribution in [1.82, 2.24) is 25.7 Å². The van der Waals surface area contributed by atoms with Crippen molar-refractivity contribution in [3.8, 4) is 17.2 Å². The molecule has 0 spiro atoms. The van der Waals surface area contributed by atoms with Crippen molar-refractivity contribution in [3.63, 3.8) is 0 Å². The van der Waals surface area contributed by atoms with Crippen molar-refractivity contribution in [1.29, 1.82) is 0 Å². The zero-order chi connectivity index (χ0) is 27.6. The lowest BCUT2D eigenvalue weighted by atomic mass is 10.1. The Bertz CT molecular complexity index is 1340. The number of carbonyl (C=O) groups excluding carboxylic acids is 2. The summed E-state index contributed by atoms with van der Waals surface area (Å²) in [5.74, 6) is -0.897. The van der Waals surface area contributed by atoms with Gasteiger partial charge in [0.15, 0.2) is 23.1 Å². The van der Waals surface area contributed by atoms with Crippen LogP contribution in [-0.2, 0) is 4.79 Å². The number of nitrogens with zero attached hydrogens (tertiary/aromatic N) is 4. The van der Waals surface area contributed by atoms with Crippen LogP contribution in [0, 0.1) is 5.92 Å². The van der Waals surface area contributed by atoms with Crippen LogP contribution < -0.4 is 26.4 Å². The number of para-hydroxylation sites is 1. The Labute approximate surface area is 204 Å². The molecule has 0 radical (unpaired) electrons. The fourth-order valence-electron chi connectivity index (χ4n) is 3.21. The first-order chi connectivity index (χ1) is 18.0. The Balaban J connectivity index is 1.71. The number of amides is 2. The molecule has 13 nitrogen and oxygen atoms in total. The molecule has 0 bridgehead atoms. The van der Waals surface area contributed by atoms with Crippen LogP contribution in [0.5, 0.6) is 5.75 Å². The van der Waals surface area contributed by atoms with Gasteiger partial charge in [0.1, 0.15) is 0 Å². The molecule has 0 saturated heterocycles. The van der Waals surface area contributed by atoms with Gasteiger partial charge in [0.25, 0.3) is 11.8 Å². The standard InChI is InChI=1S/C22H26N8O5/c1-10(31)16(23)19-27-22(35-30-19)12-5-4-6-13(18(12)34-3)25-14-9-15(26-20(32)11-7-8-11)28-29-17(14)21(33)24-2/h4-6,9-11,16,31H,7-8,23H2,1-3H3,(H,24,33)(H2,25,26,28,32)/t10-,16+/m1/s1/i2D3. The molecule has 6 N–H and O–H groups in total. The van der Waals surface area contributed by atoms with Crippen LogP contribution >= 0.6 is 0 Å². The highest BCUT2D eigenvalue weighted by molar-refractivity contribution is 6.00. The molecule has 2 atom stereocenters. The number of nitrogens with two attached hydrogens (primary N) is 1. The van der Waals surface area contributed by atoms with Crippen molar-refractivity contribution in [3.05, 3.63) is 35.8 Å². The second kappa shape index (κ2) is 10.0. The van der Waals surface area contributed by atoms with E-state index in [1.54, 1.807) is 18.2 Å².